The summed E-state index contributed by atoms with van der Waals surface area (Å²) in [6, 6.07) is 4.39. The van der Waals surface area contributed by atoms with Crippen LogP contribution in [-0.4, -0.2) is 52.9 Å². The molecule has 0 radical (unpaired) electrons. The first-order chi connectivity index (χ1) is 12.9. The molecule has 0 unspecified atom stereocenters. The Kier molecular flexibility index (Phi) is 5.12. The van der Waals surface area contributed by atoms with Gasteiger partial charge in [0.25, 0.3) is 5.91 Å². The van der Waals surface area contributed by atoms with Crippen molar-refractivity contribution in [2.75, 3.05) is 31.9 Å². The van der Waals surface area contributed by atoms with E-state index in [0.717, 1.165) is 53.3 Å². The molecule has 5 nitrogen and oxygen atoms in total. The van der Waals surface area contributed by atoms with E-state index in [2.05, 4.69) is 28.6 Å². The number of carbonyl (C=O) groups is 1. The maximum atomic E-state index is 13.3. The van der Waals surface area contributed by atoms with Crippen LogP contribution in [0.15, 0.2) is 12.1 Å². The predicted octanol–water partition coefficient (Wildman–Crippen LogP) is 3.77. The summed E-state index contributed by atoms with van der Waals surface area (Å²) >= 11 is 1.46. The second kappa shape index (κ2) is 7.40. The van der Waals surface area contributed by atoms with Crippen LogP contribution in [0.25, 0.3) is 10.2 Å². The van der Waals surface area contributed by atoms with E-state index in [1.54, 1.807) is 0 Å². The standard InChI is InChI=1S/C21H30N4OS/c1-13(2)17-12-25(8-4-7-24(17)11-15-5-6-15)20(26)16-9-14(3)19-18(10-16)27-21(22)23-19/h9-10,13,15,17H,4-8,11-12H2,1-3H3,(H2,22,23)/t17-/m1/s1. The molecule has 2 fully saturated rings. The number of aromatic nitrogens is 1. The summed E-state index contributed by atoms with van der Waals surface area (Å²) in [5.41, 5.74) is 8.57. The van der Waals surface area contributed by atoms with Gasteiger partial charge in [-0.15, -0.1) is 0 Å². The van der Waals surface area contributed by atoms with Crippen molar-refractivity contribution >= 4 is 32.6 Å². The van der Waals surface area contributed by atoms with Gasteiger partial charge >= 0.3 is 0 Å². The average Bonchev–Trinajstić information content (AvgIpc) is 3.38. The lowest BCUT2D eigenvalue weighted by Gasteiger charge is -2.34. The number of nitrogens with zero attached hydrogens (tertiary/aromatic N) is 3. The zero-order chi connectivity index (χ0) is 19.1. The molecule has 1 atom stereocenters. The normalized spacial score (nSPS) is 21.8. The molecule has 27 heavy (non-hydrogen) atoms. The van der Waals surface area contributed by atoms with Crippen LogP contribution in [0.1, 0.15) is 49.0 Å². The number of thiazole rings is 1. The fourth-order valence-corrected chi connectivity index (χ4v) is 5.11. The third-order valence-electron chi connectivity index (χ3n) is 5.95. The van der Waals surface area contributed by atoms with E-state index in [9.17, 15) is 4.79 Å². The molecule has 146 valence electrons. The van der Waals surface area contributed by atoms with E-state index in [4.69, 9.17) is 5.73 Å². The number of fused-ring (bicyclic) bond motifs is 1. The minimum Gasteiger partial charge on any atom is -0.375 e. The predicted molar refractivity (Wildman–Crippen MR) is 112 cm³/mol. The number of carbonyl (C=O) groups excluding carboxylic acids is 1. The second-order valence-electron chi connectivity index (χ2n) is 8.55. The number of aryl methyl sites for hydroxylation is 1. The molecule has 1 aromatic heterocycles. The van der Waals surface area contributed by atoms with Crippen LogP contribution in [0.2, 0.25) is 0 Å². The van der Waals surface area contributed by atoms with Crippen molar-refractivity contribution in [1.82, 2.24) is 14.8 Å². The van der Waals surface area contributed by atoms with Crippen molar-refractivity contribution in [3.63, 3.8) is 0 Å². The van der Waals surface area contributed by atoms with Crippen LogP contribution in [0, 0.1) is 18.8 Å². The van der Waals surface area contributed by atoms with Crippen molar-refractivity contribution in [3.05, 3.63) is 23.3 Å². The van der Waals surface area contributed by atoms with E-state index in [-0.39, 0.29) is 5.91 Å². The molecule has 1 aromatic carbocycles. The van der Waals surface area contributed by atoms with Gasteiger partial charge in [0.1, 0.15) is 0 Å². The van der Waals surface area contributed by atoms with Gasteiger partial charge in [-0.3, -0.25) is 9.69 Å². The summed E-state index contributed by atoms with van der Waals surface area (Å²) in [6.45, 7) is 10.6. The molecule has 1 amide bonds. The zero-order valence-electron chi connectivity index (χ0n) is 16.6. The van der Waals surface area contributed by atoms with Crippen LogP contribution in [0.3, 0.4) is 0 Å². The molecule has 6 heteroatoms. The highest BCUT2D eigenvalue weighted by atomic mass is 32.1. The monoisotopic (exact) mass is 386 g/mol. The molecular weight excluding hydrogens is 356 g/mol. The lowest BCUT2D eigenvalue weighted by molar-refractivity contribution is 0.0704. The molecule has 2 aliphatic rings. The van der Waals surface area contributed by atoms with Gasteiger partial charge in [0, 0.05) is 37.8 Å². The van der Waals surface area contributed by atoms with Crippen LogP contribution < -0.4 is 5.73 Å². The number of anilines is 1. The van der Waals surface area contributed by atoms with Crippen LogP contribution >= 0.6 is 11.3 Å². The Bertz CT molecular complexity index is 842. The molecule has 0 bridgehead atoms. The Balaban J connectivity index is 1.57. The molecule has 1 aliphatic carbocycles. The second-order valence-corrected chi connectivity index (χ2v) is 9.61. The molecule has 2 heterocycles. The first kappa shape index (κ1) is 18.7. The number of hydrogen-bond donors (Lipinski definition) is 1. The van der Waals surface area contributed by atoms with E-state index in [1.165, 1.54) is 30.7 Å². The highest BCUT2D eigenvalue weighted by Gasteiger charge is 2.33. The van der Waals surface area contributed by atoms with Crippen molar-refractivity contribution in [2.45, 2.75) is 46.1 Å². The number of rotatable bonds is 4. The van der Waals surface area contributed by atoms with Gasteiger partial charge in [0.2, 0.25) is 0 Å². The summed E-state index contributed by atoms with van der Waals surface area (Å²) in [4.78, 5) is 22.4. The van der Waals surface area contributed by atoms with Gasteiger partial charge in [-0.25, -0.2) is 4.98 Å². The van der Waals surface area contributed by atoms with Crippen molar-refractivity contribution in [2.24, 2.45) is 11.8 Å². The lowest BCUT2D eigenvalue weighted by atomic mass is 10.0. The first-order valence-electron chi connectivity index (χ1n) is 10.1. The fraction of sp³-hybridized carbons (Fsp3) is 0.619. The minimum atomic E-state index is 0.144. The van der Waals surface area contributed by atoms with Crippen LogP contribution in [0.4, 0.5) is 5.13 Å². The maximum Gasteiger partial charge on any atom is 0.253 e. The SMILES string of the molecule is Cc1cc(C(=O)N2CCCN(CC3CC3)[C@@H](C(C)C)C2)cc2sc(N)nc12. The Labute approximate surface area is 165 Å². The molecule has 2 N–H and O–H groups in total. The summed E-state index contributed by atoms with van der Waals surface area (Å²) in [5.74, 6) is 1.57. The Morgan fingerprint density at radius 2 is 2.11 bits per heavy atom. The molecule has 4 rings (SSSR count). The minimum absolute atomic E-state index is 0.144. The number of benzene rings is 1. The highest BCUT2D eigenvalue weighted by Crippen LogP contribution is 2.32. The van der Waals surface area contributed by atoms with Gasteiger partial charge < -0.3 is 10.6 Å². The number of nitrogen functional groups attached to an aromatic ring is 1. The molecule has 2 aromatic rings. The summed E-state index contributed by atoms with van der Waals surface area (Å²) < 4.78 is 1.00. The van der Waals surface area contributed by atoms with E-state index in [1.807, 2.05) is 19.1 Å². The molecular formula is C21H30N4OS. The van der Waals surface area contributed by atoms with Gasteiger partial charge in [-0.2, -0.15) is 0 Å². The largest absolute Gasteiger partial charge is 0.375 e. The van der Waals surface area contributed by atoms with Crippen LogP contribution in [0.5, 0.6) is 0 Å². The maximum absolute atomic E-state index is 13.3. The van der Waals surface area contributed by atoms with Gasteiger partial charge in [0.05, 0.1) is 10.2 Å². The van der Waals surface area contributed by atoms with E-state index in [0.29, 0.717) is 17.1 Å². The van der Waals surface area contributed by atoms with E-state index < -0.39 is 0 Å². The molecule has 1 aliphatic heterocycles. The third kappa shape index (κ3) is 3.97. The van der Waals surface area contributed by atoms with Gasteiger partial charge in [-0.1, -0.05) is 25.2 Å². The van der Waals surface area contributed by atoms with Crippen molar-refractivity contribution < 1.29 is 4.79 Å². The van der Waals surface area contributed by atoms with E-state index >= 15 is 0 Å². The van der Waals surface area contributed by atoms with Gasteiger partial charge in [-0.05, 0) is 55.7 Å². The zero-order valence-corrected chi connectivity index (χ0v) is 17.4. The topological polar surface area (TPSA) is 62.5 Å². The fourth-order valence-electron chi connectivity index (χ4n) is 4.26. The lowest BCUT2D eigenvalue weighted by Crippen LogP contribution is -2.46. The molecule has 1 saturated heterocycles. The summed E-state index contributed by atoms with van der Waals surface area (Å²) in [7, 11) is 0. The number of amides is 1. The van der Waals surface area contributed by atoms with Crippen LogP contribution in [-0.2, 0) is 0 Å². The summed E-state index contributed by atoms with van der Waals surface area (Å²) in [5, 5.41) is 0.558. The average molecular weight is 387 g/mol. The first-order valence-corrected chi connectivity index (χ1v) is 10.9. The van der Waals surface area contributed by atoms with Crippen molar-refractivity contribution in [3.8, 4) is 0 Å². The quantitative estimate of drug-likeness (QED) is 0.869. The third-order valence-corrected chi connectivity index (χ3v) is 6.78. The molecule has 1 saturated carbocycles. The number of hydrogen-bond acceptors (Lipinski definition) is 5. The number of nitrogens with two attached hydrogens (primary N) is 1. The highest BCUT2D eigenvalue weighted by molar-refractivity contribution is 7.22. The smallest absolute Gasteiger partial charge is 0.253 e. The Morgan fingerprint density at radius 3 is 2.81 bits per heavy atom. The molecule has 0 spiro atoms. The Hall–Kier alpha value is -1.66. The summed E-state index contributed by atoms with van der Waals surface area (Å²) in [6.07, 6.45) is 3.80. The van der Waals surface area contributed by atoms with Gasteiger partial charge in [0.15, 0.2) is 5.13 Å². The Morgan fingerprint density at radius 1 is 1.33 bits per heavy atom. The van der Waals surface area contributed by atoms with Crippen molar-refractivity contribution in [1.29, 1.82) is 0 Å².